The smallest absolute Gasteiger partial charge is 0.322 e. The zero-order valence-corrected chi connectivity index (χ0v) is 10.5. The summed E-state index contributed by atoms with van der Waals surface area (Å²) in [6.45, 7) is 2.05. The molecule has 0 spiro atoms. The van der Waals surface area contributed by atoms with Gasteiger partial charge in [-0.1, -0.05) is 32.6 Å². The molecular weight excluding hydrogens is 232 g/mol. The van der Waals surface area contributed by atoms with Crippen molar-refractivity contribution in [1.82, 2.24) is 4.31 Å². The highest BCUT2D eigenvalue weighted by Gasteiger charge is 2.28. The van der Waals surface area contributed by atoms with E-state index < -0.39 is 22.2 Å². The number of carbonyl (C=O) groups is 1. The lowest BCUT2D eigenvalue weighted by atomic mass is 10.1. The number of hydrogen-bond acceptors (Lipinski definition) is 3. The van der Waals surface area contributed by atoms with Crippen LogP contribution >= 0.6 is 0 Å². The van der Waals surface area contributed by atoms with Crippen molar-refractivity contribution in [2.75, 3.05) is 7.05 Å². The molecule has 0 aromatic rings. The summed E-state index contributed by atoms with van der Waals surface area (Å²) in [7, 11) is -2.75. The highest BCUT2D eigenvalue weighted by molar-refractivity contribution is 7.86. The monoisotopic (exact) mass is 252 g/mol. The average molecular weight is 252 g/mol. The third-order valence-corrected chi connectivity index (χ3v) is 3.51. The minimum atomic E-state index is -3.94. The van der Waals surface area contributed by atoms with Crippen LogP contribution in [-0.2, 0) is 15.0 Å². The second-order valence-corrected chi connectivity index (χ2v) is 5.37. The van der Waals surface area contributed by atoms with Crippen molar-refractivity contribution in [3.8, 4) is 0 Å². The first-order valence-electron chi connectivity index (χ1n) is 5.29. The zero-order chi connectivity index (χ0) is 12.8. The topological polar surface area (TPSA) is 101 Å². The molecule has 0 rings (SSSR count). The fraction of sp³-hybridized carbons (Fsp3) is 0.889. The summed E-state index contributed by atoms with van der Waals surface area (Å²) >= 11 is 0. The molecular formula is C9H20N2O4S. The van der Waals surface area contributed by atoms with E-state index in [4.69, 9.17) is 10.2 Å². The molecule has 3 N–H and O–H groups in total. The van der Waals surface area contributed by atoms with E-state index in [1.807, 2.05) is 6.92 Å². The normalized spacial score (nSPS) is 14.0. The van der Waals surface area contributed by atoms with Gasteiger partial charge in [0.25, 0.3) is 10.2 Å². The van der Waals surface area contributed by atoms with Crippen LogP contribution in [0.25, 0.3) is 0 Å². The van der Waals surface area contributed by atoms with Crippen LogP contribution in [0.2, 0.25) is 0 Å². The average Bonchev–Trinajstić information content (AvgIpc) is 2.15. The Morgan fingerprint density at radius 1 is 1.38 bits per heavy atom. The lowest BCUT2D eigenvalue weighted by Crippen LogP contribution is -2.45. The number of carboxylic acids is 1. The molecule has 7 heteroatoms. The van der Waals surface area contributed by atoms with Gasteiger partial charge in [0.2, 0.25) is 0 Å². The molecule has 0 saturated carbocycles. The Bertz CT molecular complexity index is 315. The number of carboxylic acid groups (broad SMARTS) is 1. The van der Waals surface area contributed by atoms with Crippen molar-refractivity contribution in [1.29, 1.82) is 0 Å². The summed E-state index contributed by atoms with van der Waals surface area (Å²) in [4.78, 5) is 10.9. The molecule has 1 atom stereocenters. The van der Waals surface area contributed by atoms with Gasteiger partial charge in [0, 0.05) is 7.05 Å². The summed E-state index contributed by atoms with van der Waals surface area (Å²) in [5.41, 5.74) is 0. The maximum Gasteiger partial charge on any atom is 0.322 e. The van der Waals surface area contributed by atoms with Gasteiger partial charge < -0.3 is 5.11 Å². The van der Waals surface area contributed by atoms with Gasteiger partial charge in [0.1, 0.15) is 6.04 Å². The Labute approximate surface area is 96.6 Å². The Morgan fingerprint density at radius 3 is 2.31 bits per heavy atom. The van der Waals surface area contributed by atoms with Crippen LogP contribution in [0.5, 0.6) is 0 Å². The number of aliphatic carboxylic acids is 1. The molecule has 0 aromatic heterocycles. The predicted molar refractivity (Wildman–Crippen MR) is 61.1 cm³/mol. The number of hydrogen-bond donors (Lipinski definition) is 2. The van der Waals surface area contributed by atoms with Gasteiger partial charge in [0.15, 0.2) is 0 Å². The fourth-order valence-corrected chi connectivity index (χ4v) is 1.95. The van der Waals surface area contributed by atoms with Gasteiger partial charge in [-0.2, -0.15) is 12.7 Å². The third-order valence-electron chi connectivity index (χ3n) is 2.46. The third kappa shape index (κ3) is 5.43. The maximum absolute atomic E-state index is 11.0. The SMILES string of the molecule is CCCCCCC(C(=O)O)N(C)S(N)(=O)=O. The molecule has 0 saturated heterocycles. The number of likely N-dealkylation sites (N-methyl/N-ethyl adjacent to an activating group) is 1. The van der Waals surface area contributed by atoms with E-state index in [2.05, 4.69) is 0 Å². The van der Waals surface area contributed by atoms with E-state index in [-0.39, 0.29) is 0 Å². The molecule has 0 aliphatic rings. The van der Waals surface area contributed by atoms with Gasteiger partial charge in [-0.05, 0) is 6.42 Å². The number of unbranched alkanes of at least 4 members (excludes halogenated alkanes) is 3. The second-order valence-electron chi connectivity index (χ2n) is 3.76. The first kappa shape index (κ1) is 15.3. The van der Waals surface area contributed by atoms with E-state index in [0.717, 1.165) is 19.3 Å². The Morgan fingerprint density at radius 2 is 1.94 bits per heavy atom. The zero-order valence-electron chi connectivity index (χ0n) is 9.72. The van der Waals surface area contributed by atoms with Crippen molar-refractivity contribution >= 4 is 16.2 Å². The van der Waals surface area contributed by atoms with Crippen LogP contribution in [0.4, 0.5) is 0 Å². The molecule has 0 radical (unpaired) electrons. The van der Waals surface area contributed by atoms with E-state index in [1.165, 1.54) is 7.05 Å². The Balaban J connectivity index is 4.35. The summed E-state index contributed by atoms with van der Waals surface area (Å²) in [5, 5.41) is 13.8. The van der Waals surface area contributed by atoms with Gasteiger partial charge >= 0.3 is 5.97 Å². The van der Waals surface area contributed by atoms with Gasteiger partial charge in [-0.15, -0.1) is 0 Å². The molecule has 0 heterocycles. The molecule has 0 aliphatic heterocycles. The summed E-state index contributed by atoms with van der Waals surface area (Å²) < 4.78 is 22.7. The predicted octanol–water partition coefficient (Wildman–Crippen LogP) is 0.545. The molecule has 96 valence electrons. The first-order valence-corrected chi connectivity index (χ1v) is 6.79. The molecule has 16 heavy (non-hydrogen) atoms. The summed E-state index contributed by atoms with van der Waals surface area (Å²) in [6.07, 6.45) is 3.94. The van der Waals surface area contributed by atoms with Gasteiger partial charge in [-0.25, -0.2) is 5.14 Å². The molecule has 6 nitrogen and oxygen atoms in total. The summed E-state index contributed by atoms with van der Waals surface area (Å²) in [5.74, 6) is -1.16. The van der Waals surface area contributed by atoms with E-state index in [9.17, 15) is 13.2 Å². The second kappa shape index (κ2) is 6.82. The highest BCUT2D eigenvalue weighted by Crippen LogP contribution is 2.11. The lowest BCUT2D eigenvalue weighted by molar-refractivity contribution is -0.141. The van der Waals surface area contributed by atoms with Crippen LogP contribution in [-0.4, -0.2) is 36.9 Å². The minimum Gasteiger partial charge on any atom is -0.480 e. The van der Waals surface area contributed by atoms with Crippen molar-refractivity contribution in [2.45, 2.75) is 45.1 Å². The molecule has 1 unspecified atom stereocenters. The largest absolute Gasteiger partial charge is 0.480 e. The van der Waals surface area contributed by atoms with Crippen LogP contribution in [0.15, 0.2) is 0 Å². The van der Waals surface area contributed by atoms with Crippen LogP contribution in [0, 0.1) is 0 Å². The van der Waals surface area contributed by atoms with E-state index >= 15 is 0 Å². The van der Waals surface area contributed by atoms with Gasteiger partial charge in [-0.3, -0.25) is 4.79 Å². The molecule has 0 aliphatic carbocycles. The van der Waals surface area contributed by atoms with E-state index in [1.54, 1.807) is 0 Å². The van der Waals surface area contributed by atoms with Crippen LogP contribution in [0.1, 0.15) is 39.0 Å². The van der Waals surface area contributed by atoms with Gasteiger partial charge in [0.05, 0.1) is 0 Å². The first-order chi connectivity index (χ1) is 7.30. The van der Waals surface area contributed by atoms with Crippen molar-refractivity contribution in [2.24, 2.45) is 5.14 Å². The van der Waals surface area contributed by atoms with E-state index in [0.29, 0.717) is 17.1 Å². The molecule has 0 fully saturated rings. The van der Waals surface area contributed by atoms with Crippen LogP contribution in [0.3, 0.4) is 0 Å². The highest BCUT2D eigenvalue weighted by atomic mass is 32.2. The summed E-state index contributed by atoms with van der Waals surface area (Å²) in [6, 6.07) is -1.06. The number of nitrogens with zero attached hydrogens (tertiary/aromatic N) is 1. The number of rotatable bonds is 8. The van der Waals surface area contributed by atoms with Crippen molar-refractivity contribution in [3.63, 3.8) is 0 Å². The number of nitrogens with two attached hydrogens (primary N) is 1. The van der Waals surface area contributed by atoms with Crippen LogP contribution < -0.4 is 5.14 Å². The molecule has 0 amide bonds. The Hall–Kier alpha value is -0.660. The van der Waals surface area contributed by atoms with Crippen molar-refractivity contribution < 1.29 is 18.3 Å². The quantitative estimate of drug-likeness (QED) is 0.616. The van der Waals surface area contributed by atoms with Crippen molar-refractivity contribution in [3.05, 3.63) is 0 Å². The fourth-order valence-electron chi connectivity index (χ4n) is 1.40. The molecule has 0 aromatic carbocycles. The molecule has 0 bridgehead atoms. The standard InChI is InChI=1S/C9H20N2O4S/c1-3-4-5-6-7-8(9(12)13)11(2)16(10,14)15/h8H,3-7H2,1-2H3,(H,12,13)(H2,10,14,15). The lowest BCUT2D eigenvalue weighted by Gasteiger charge is -2.21. The maximum atomic E-state index is 11.0. The minimum absolute atomic E-state index is 0.294. The Kier molecular flexibility index (Phi) is 6.54.